The number of aldehydes is 1. The Morgan fingerprint density at radius 1 is 1.07 bits per heavy atom. The van der Waals surface area contributed by atoms with Crippen LogP contribution in [-0.4, -0.2) is 58.3 Å². The number of primary amides is 1. The Hall–Kier alpha value is -3.76. The summed E-state index contributed by atoms with van der Waals surface area (Å²) in [5, 5.41) is 1.69. The van der Waals surface area contributed by atoms with Crippen LogP contribution in [0.5, 0.6) is 5.75 Å². The molecule has 0 saturated carbocycles. The molecule has 2 aromatic rings. The number of hydrogen-bond acceptors (Lipinski definition) is 8. The van der Waals surface area contributed by atoms with Gasteiger partial charge in [0.2, 0.25) is 5.91 Å². The minimum absolute atomic E-state index is 0.0314. The molecule has 0 bridgehead atoms. The van der Waals surface area contributed by atoms with E-state index in [-0.39, 0.29) is 31.9 Å². The van der Waals surface area contributed by atoms with Gasteiger partial charge in [-0.3, -0.25) is 19.2 Å². The second-order valence-electron chi connectivity index (χ2n) is 11.4. The van der Waals surface area contributed by atoms with Gasteiger partial charge in [0.1, 0.15) is 24.7 Å². The summed E-state index contributed by atoms with van der Waals surface area (Å²) < 4.78 is 10.7. The number of nitrogens with zero attached hydrogens (tertiary/aromatic N) is 2. The van der Waals surface area contributed by atoms with E-state index in [2.05, 4.69) is 4.74 Å². The summed E-state index contributed by atoms with van der Waals surface area (Å²) in [5.74, 6) is -0.965. The van der Waals surface area contributed by atoms with E-state index in [1.165, 1.54) is 12.0 Å². The van der Waals surface area contributed by atoms with Gasteiger partial charge in [-0.25, -0.2) is 0 Å². The van der Waals surface area contributed by atoms with Gasteiger partial charge in [0, 0.05) is 17.5 Å². The molecule has 2 N–H and O–H groups in total. The zero-order valence-corrected chi connectivity index (χ0v) is 24.1. The van der Waals surface area contributed by atoms with E-state index < -0.39 is 29.1 Å². The van der Waals surface area contributed by atoms with Gasteiger partial charge < -0.3 is 24.9 Å². The van der Waals surface area contributed by atoms with Crippen LogP contribution in [0, 0.1) is 0 Å². The van der Waals surface area contributed by atoms with Crippen molar-refractivity contribution in [3.8, 4) is 5.75 Å². The number of amides is 2. The molecule has 0 aromatic heterocycles. The van der Waals surface area contributed by atoms with Crippen LogP contribution in [0.3, 0.4) is 0 Å². The molecule has 40 heavy (non-hydrogen) atoms. The summed E-state index contributed by atoms with van der Waals surface area (Å²) in [7, 11) is 1.26. The highest BCUT2D eigenvalue weighted by Crippen LogP contribution is 2.33. The maximum Gasteiger partial charge on any atom is 0.305 e. The van der Waals surface area contributed by atoms with Crippen LogP contribution in [0.2, 0.25) is 0 Å². The Labute approximate surface area is 235 Å². The lowest BCUT2D eigenvalue weighted by molar-refractivity contribution is -0.269. The van der Waals surface area contributed by atoms with Crippen molar-refractivity contribution in [3.63, 3.8) is 0 Å². The lowest BCUT2D eigenvalue weighted by Crippen LogP contribution is -2.48. The van der Waals surface area contributed by atoms with E-state index in [4.69, 9.17) is 15.3 Å². The summed E-state index contributed by atoms with van der Waals surface area (Å²) in [6, 6.07) is 12.0. The minimum atomic E-state index is -0.939. The molecule has 1 aliphatic rings. The molecule has 216 valence electrons. The number of rotatable bonds is 13. The van der Waals surface area contributed by atoms with E-state index in [0.717, 1.165) is 17.4 Å². The molecule has 1 aliphatic heterocycles. The number of nitrogens with two attached hydrogens (primary N) is 1. The summed E-state index contributed by atoms with van der Waals surface area (Å²) >= 11 is 0. The Kier molecular flexibility index (Phi) is 9.70. The van der Waals surface area contributed by atoms with Crippen molar-refractivity contribution in [2.75, 3.05) is 7.11 Å². The van der Waals surface area contributed by atoms with E-state index >= 15 is 0 Å². The van der Waals surface area contributed by atoms with Crippen LogP contribution in [0.25, 0.3) is 0 Å². The zero-order valence-electron chi connectivity index (χ0n) is 24.1. The molecule has 10 nitrogen and oxygen atoms in total. The molecule has 2 aromatic carbocycles. The van der Waals surface area contributed by atoms with Crippen molar-refractivity contribution in [3.05, 3.63) is 64.7 Å². The van der Waals surface area contributed by atoms with Gasteiger partial charge in [0.25, 0.3) is 5.91 Å². The van der Waals surface area contributed by atoms with Crippen LogP contribution in [0.1, 0.15) is 74.5 Å². The first kappa shape index (κ1) is 30.8. The average molecular weight is 554 g/mol. The number of benzene rings is 2. The number of methoxy groups -OCH3 is 1. The van der Waals surface area contributed by atoms with Crippen molar-refractivity contribution in [1.29, 1.82) is 0 Å². The van der Waals surface area contributed by atoms with Crippen LogP contribution in [-0.2, 0) is 43.7 Å². The van der Waals surface area contributed by atoms with Gasteiger partial charge in [-0.1, -0.05) is 30.3 Å². The summed E-state index contributed by atoms with van der Waals surface area (Å²) in [5.41, 5.74) is 7.29. The maximum absolute atomic E-state index is 13.1. The Bertz CT molecular complexity index is 1230. The Morgan fingerprint density at radius 2 is 1.73 bits per heavy atom. The number of carbonyl (C=O) groups excluding carboxylic acids is 4. The van der Waals surface area contributed by atoms with Gasteiger partial charge in [0.15, 0.2) is 0 Å². The molecule has 10 heteroatoms. The van der Waals surface area contributed by atoms with Crippen molar-refractivity contribution in [1.82, 2.24) is 9.96 Å². The monoisotopic (exact) mass is 553 g/mol. The van der Waals surface area contributed by atoms with E-state index in [9.17, 15) is 19.2 Å². The molecule has 0 saturated heterocycles. The van der Waals surface area contributed by atoms with Crippen molar-refractivity contribution in [2.45, 2.75) is 84.3 Å². The van der Waals surface area contributed by atoms with Crippen LogP contribution in [0.15, 0.2) is 42.5 Å². The molecule has 0 spiro atoms. The first-order chi connectivity index (χ1) is 18.8. The van der Waals surface area contributed by atoms with Gasteiger partial charge >= 0.3 is 5.97 Å². The molecule has 0 fully saturated rings. The third-order valence-electron chi connectivity index (χ3n) is 6.57. The van der Waals surface area contributed by atoms with Crippen LogP contribution in [0.4, 0.5) is 0 Å². The molecule has 3 rings (SSSR count). The quantitative estimate of drug-likeness (QED) is 0.227. The first-order valence-electron chi connectivity index (χ1n) is 13.2. The normalized spacial score (nSPS) is 14.2. The molecular formula is C30H39N3O7. The fraction of sp³-hybridized carbons (Fsp3) is 0.467. The third kappa shape index (κ3) is 7.67. The average Bonchev–Trinajstić information content (AvgIpc) is 3.23. The molecule has 1 heterocycles. The zero-order chi connectivity index (χ0) is 29.7. The fourth-order valence-electron chi connectivity index (χ4n) is 4.33. The standard InChI is InChI=1S/C30H39N3O7/c1-29(2,3)40-33(30(4,5)19-34)16-20-10-12-21(13-11-20)18-39-25-9-7-8-22-23(25)17-32(28(22)37)24(27(31)36)14-15-26(35)38-6/h7-13,19,24H,14-18H2,1-6H3,(H2,31,36). The molecule has 1 unspecified atom stereocenters. The van der Waals surface area contributed by atoms with Gasteiger partial charge in [-0.15, -0.1) is 0 Å². The number of hydrogen-bond donors (Lipinski definition) is 1. The first-order valence-corrected chi connectivity index (χ1v) is 13.2. The maximum atomic E-state index is 13.1. The third-order valence-corrected chi connectivity index (χ3v) is 6.57. The topological polar surface area (TPSA) is 128 Å². The van der Waals surface area contributed by atoms with E-state index in [1.807, 2.05) is 58.9 Å². The predicted octanol–water partition coefficient (Wildman–Crippen LogP) is 3.54. The SMILES string of the molecule is COC(=O)CCC(C(N)=O)N1Cc2c(OCc3ccc(CN(OC(C)(C)C)C(C)(C)C=O)cc3)cccc2C1=O. The highest BCUT2D eigenvalue weighted by molar-refractivity contribution is 6.01. The fourth-order valence-corrected chi connectivity index (χ4v) is 4.33. The Balaban J connectivity index is 1.69. The smallest absolute Gasteiger partial charge is 0.305 e. The highest BCUT2D eigenvalue weighted by atomic mass is 16.7. The predicted molar refractivity (Wildman–Crippen MR) is 148 cm³/mol. The highest BCUT2D eigenvalue weighted by Gasteiger charge is 2.37. The number of fused-ring (bicyclic) bond motifs is 1. The van der Waals surface area contributed by atoms with Crippen molar-refractivity contribution in [2.24, 2.45) is 5.73 Å². The summed E-state index contributed by atoms with van der Waals surface area (Å²) in [4.78, 5) is 55.9. The number of hydroxylamine groups is 2. The Morgan fingerprint density at radius 3 is 2.30 bits per heavy atom. The summed E-state index contributed by atoms with van der Waals surface area (Å²) in [6.07, 6.45) is 0.915. The number of ether oxygens (including phenoxy) is 2. The van der Waals surface area contributed by atoms with Gasteiger partial charge in [-0.05, 0) is 64.3 Å². The largest absolute Gasteiger partial charge is 0.489 e. The molecule has 2 amide bonds. The minimum Gasteiger partial charge on any atom is -0.489 e. The number of esters is 1. The molecule has 0 aliphatic carbocycles. The second kappa shape index (κ2) is 12.6. The van der Waals surface area contributed by atoms with Crippen LogP contribution < -0.4 is 10.5 Å². The van der Waals surface area contributed by atoms with Gasteiger partial charge in [-0.2, -0.15) is 5.06 Å². The van der Waals surface area contributed by atoms with Crippen molar-refractivity contribution >= 4 is 24.1 Å². The molecule has 0 radical (unpaired) electrons. The van der Waals surface area contributed by atoms with Gasteiger partial charge in [0.05, 0.1) is 31.3 Å². The molecule has 1 atom stereocenters. The summed E-state index contributed by atoms with van der Waals surface area (Å²) in [6.45, 7) is 10.3. The second-order valence-corrected chi connectivity index (χ2v) is 11.4. The van der Waals surface area contributed by atoms with E-state index in [0.29, 0.717) is 23.4 Å². The lowest BCUT2D eigenvalue weighted by atomic mass is 10.1. The van der Waals surface area contributed by atoms with Crippen LogP contribution >= 0.6 is 0 Å². The molecular weight excluding hydrogens is 514 g/mol. The lowest BCUT2D eigenvalue weighted by Gasteiger charge is -2.38. The number of carbonyl (C=O) groups is 4. The van der Waals surface area contributed by atoms with E-state index in [1.54, 1.807) is 23.3 Å². The van der Waals surface area contributed by atoms with Crippen molar-refractivity contribution < 1.29 is 33.5 Å².